The summed E-state index contributed by atoms with van der Waals surface area (Å²) in [5.41, 5.74) is -0.209. The molecule has 0 spiro atoms. The van der Waals surface area contributed by atoms with Crippen molar-refractivity contribution < 1.29 is 23.1 Å². The van der Waals surface area contributed by atoms with Gasteiger partial charge >= 0.3 is 5.97 Å². The predicted molar refractivity (Wildman–Crippen MR) is 64.1 cm³/mol. The number of H-pyrrole nitrogens is 1. The maximum atomic E-state index is 12.2. The van der Waals surface area contributed by atoms with Crippen LogP contribution < -0.4 is 0 Å². The molecule has 0 radical (unpaired) electrons. The molecule has 104 valence electrons. The van der Waals surface area contributed by atoms with Gasteiger partial charge in [0.25, 0.3) is 0 Å². The van der Waals surface area contributed by atoms with E-state index >= 15 is 0 Å². The number of aromatic carboxylic acids is 1. The Labute approximate surface area is 109 Å². The average molecular weight is 287 g/mol. The summed E-state index contributed by atoms with van der Waals surface area (Å²) in [4.78, 5) is 25.9. The lowest BCUT2D eigenvalue weighted by molar-refractivity contribution is -0.132. The van der Waals surface area contributed by atoms with E-state index in [0.717, 1.165) is 16.6 Å². The molecule has 9 heteroatoms. The number of hydrogen-bond donors (Lipinski definition) is 2. The number of nitrogens with one attached hydrogen (secondary N) is 1. The number of carbonyl (C=O) groups excluding carboxylic acids is 1. The van der Waals surface area contributed by atoms with Crippen LogP contribution in [0, 0.1) is 0 Å². The number of piperazine rings is 1. The summed E-state index contributed by atoms with van der Waals surface area (Å²) in [6.45, 7) is 0.277. The molecule has 1 aromatic heterocycles. The van der Waals surface area contributed by atoms with Crippen LogP contribution in [0.25, 0.3) is 0 Å². The zero-order valence-electron chi connectivity index (χ0n) is 10.2. The van der Waals surface area contributed by atoms with Crippen molar-refractivity contribution in [2.45, 2.75) is 4.90 Å². The van der Waals surface area contributed by atoms with E-state index in [2.05, 4.69) is 4.98 Å². The van der Waals surface area contributed by atoms with Crippen LogP contribution in [0.4, 0.5) is 0 Å². The highest BCUT2D eigenvalue weighted by atomic mass is 32.2. The van der Waals surface area contributed by atoms with E-state index in [0.29, 0.717) is 6.54 Å². The molecule has 0 unspecified atom stereocenters. The van der Waals surface area contributed by atoms with Gasteiger partial charge in [-0.25, -0.2) is 13.2 Å². The maximum absolute atomic E-state index is 12.2. The number of rotatable bonds is 3. The number of carboxylic acids is 1. The van der Waals surface area contributed by atoms with Gasteiger partial charge in [-0.1, -0.05) is 0 Å². The highest BCUT2D eigenvalue weighted by molar-refractivity contribution is 7.89. The molecule has 0 saturated carbocycles. The third-order valence-corrected chi connectivity index (χ3v) is 4.77. The van der Waals surface area contributed by atoms with Crippen molar-refractivity contribution in [1.29, 1.82) is 0 Å². The van der Waals surface area contributed by atoms with E-state index in [9.17, 15) is 18.0 Å². The first-order chi connectivity index (χ1) is 8.82. The fraction of sp³-hybridized carbons (Fsp3) is 0.400. The summed E-state index contributed by atoms with van der Waals surface area (Å²) in [6.07, 6.45) is 1.11. The largest absolute Gasteiger partial charge is 0.477 e. The SMILES string of the molecule is CN1CCN(S(=O)(=O)c2c[nH]c(C(=O)O)c2)CC1=O. The zero-order valence-corrected chi connectivity index (χ0v) is 11.0. The van der Waals surface area contributed by atoms with Gasteiger partial charge in [0.15, 0.2) is 0 Å². The number of carbonyl (C=O) groups is 2. The Kier molecular flexibility index (Phi) is 3.33. The number of aromatic amines is 1. The van der Waals surface area contributed by atoms with Crippen LogP contribution in [0.15, 0.2) is 17.2 Å². The van der Waals surface area contributed by atoms with E-state index in [1.807, 2.05) is 0 Å². The highest BCUT2D eigenvalue weighted by Gasteiger charge is 2.32. The molecule has 2 heterocycles. The monoisotopic (exact) mass is 287 g/mol. The number of nitrogens with zero attached hydrogens (tertiary/aromatic N) is 2. The van der Waals surface area contributed by atoms with Gasteiger partial charge in [-0.15, -0.1) is 0 Å². The van der Waals surface area contributed by atoms with Gasteiger partial charge in [-0.2, -0.15) is 4.31 Å². The van der Waals surface area contributed by atoms with Gasteiger partial charge in [0.05, 0.1) is 6.54 Å². The van der Waals surface area contributed by atoms with Crippen LogP contribution in [-0.4, -0.2) is 66.3 Å². The van der Waals surface area contributed by atoms with Crippen LogP contribution in [0.3, 0.4) is 0 Å². The summed E-state index contributed by atoms with van der Waals surface area (Å²) >= 11 is 0. The van der Waals surface area contributed by atoms with E-state index in [4.69, 9.17) is 5.11 Å². The molecular formula is C10H13N3O5S. The fourth-order valence-corrected chi connectivity index (χ4v) is 3.11. The molecule has 0 atom stereocenters. The summed E-state index contributed by atoms with van der Waals surface area (Å²) in [7, 11) is -2.24. The molecule has 1 saturated heterocycles. The van der Waals surface area contributed by atoms with E-state index in [1.54, 1.807) is 7.05 Å². The van der Waals surface area contributed by atoms with Crippen molar-refractivity contribution in [3.63, 3.8) is 0 Å². The molecule has 1 fully saturated rings. The van der Waals surface area contributed by atoms with Gasteiger partial charge < -0.3 is 15.0 Å². The maximum Gasteiger partial charge on any atom is 0.352 e. The molecule has 19 heavy (non-hydrogen) atoms. The highest BCUT2D eigenvalue weighted by Crippen LogP contribution is 2.18. The molecule has 0 aliphatic carbocycles. The smallest absolute Gasteiger partial charge is 0.352 e. The lowest BCUT2D eigenvalue weighted by Crippen LogP contribution is -2.50. The first-order valence-electron chi connectivity index (χ1n) is 5.48. The first kappa shape index (κ1) is 13.6. The van der Waals surface area contributed by atoms with Crippen molar-refractivity contribution >= 4 is 21.9 Å². The van der Waals surface area contributed by atoms with Crippen molar-refractivity contribution in [1.82, 2.24) is 14.2 Å². The second kappa shape index (κ2) is 4.67. The van der Waals surface area contributed by atoms with Gasteiger partial charge in [-0.3, -0.25) is 4.79 Å². The van der Waals surface area contributed by atoms with E-state index in [-0.39, 0.29) is 29.6 Å². The second-order valence-electron chi connectivity index (χ2n) is 4.21. The van der Waals surface area contributed by atoms with Gasteiger partial charge in [0.1, 0.15) is 10.6 Å². The Morgan fingerprint density at radius 3 is 2.63 bits per heavy atom. The van der Waals surface area contributed by atoms with Gasteiger partial charge in [0, 0.05) is 26.3 Å². The molecule has 2 rings (SSSR count). The molecule has 0 bridgehead atoms. The number of aromatic nitrogens is 1. The number of carboxylic acid groups (broad SMARTS) is 1. The van der Waals surface area contributed by atoms with E-state index < -0.39 is 16.0 Å². The van der Waals surface area contributed by atoms with Crippen LogP contribution in [0.2, 0.25) is 0 Å². The normalized spacial score (nSPS) is 17.7. The second-order valence-corrected chi connectivity index (χ2v) is 6.15. The molecule has 1 aliphatic heterocycles. The third kappa shape index (κ3) is 2.47. The lowest BCUT2D eigenvalue weighted by atomic mass is 10.4. The lowest BCUT2D eigenvalue weighted by Gasteiger charge is -2.30. The van der Waals surface area contributed by atoms with Gasteiger partial charge in [0.2, 0.25) is 15.9 Å². The topological polar surface area (TPSA) is 111 Å². The Hall–Kier alpha value is -1.87. The predicted octanol–water partition coefficient (Wildman–Crippen LogP) is -0.824. The molecule has 1 amide bonds. The molecule has 1 aliphatic rings. The Balaban J connectivity index is 2.27. The average Bonchev–Trinajstić information content (AvgIpc) is 2.82. The number of likely N-dealkylation sites (N-methyl/N-ethyl adjacent to an activating group) is 1. The molecule has 0 aromatic carbocycles. The Morgan fingerprint density at radius 2 is 2.11 bits per heavy atom. The fourth-order valence-electron chi connectivity index (χ4n) is 1.74. The van der Waals surface area contributed by atoms with Crippen LogP contribution in [-0.2, 0) is 14.8 Å². The van der Waals surface area contributed by atoms with Crippen LogP contribution >= 0.6 is 0 Å². The summed E-state index contributed by atoms with van der Waals surface area (Å²) in [5.74, 6) is -1.53. The molecular weight excluding hydrogens is 274 g/mol. The van der Waals surface area contributed by atoms with E-state index in [1.165, 1.54) is 4.90 Å². The number of hydrogen-bond acceptors (Lipinski definition) is 4. The summed E-state index contributed by atoms with van der Waals surface area (Å²) in [5, 5.41) is 8.75. The number of amides is 1. The Bertz CT molecular complexity index is 621. The van der Waals surface area contributed by atoms with Gasteiger partial charge in [-0.05, 0) is 6.07 Å². The van der Waals surface area contributed by atoms with Crippen molar-refractivity contribution in [2.75, 3.05) is 26.7 Å². The minimum Gasteiger partial charge on any atom is -0.477 e. The van der Waals surface area contributed by atoms with Crippen LogP contribution in [0.1, 0.15) is 10.5 Å². The zero-order chi connectivity index (χ0) is 14.2. The Morgan fingerprint density at radius 1 is 1.42 bits per heavy atom. The quantitative estimate of drug-likeness (QED) is 0.754. The van der Waals surface area contributed by atoms with Crippen molar-refractivity contribution in [2.24, 2.45) is 0 Å². The third-order valence-electron chi connectivity index (χ3n) is 2.95. The standard InChI is InChI=1S/C10H13N3O5S/c1-12-2-3-13(6-9(12)14)19(17,18)7-4-8(10(15)16)11-5-7/h4-5,11H,2-3,6H2,1H3,(H,15,16). The minimum atomic E-state index is -3.84. The summed E-state index contributed by atoms with van der Waals surface area (Å²) < 4.78 is 25.5. The summed E-state index contributed by atoms with van der Waals surface area (Å²) in [6, 6.07) is 1.04. The minimum absolute atomic E-state index is 0.151. The molecule has 8 nitrogen and oxygen atoms in total. The first-order valence-corrected chi connectivity index (χ1v) is 6.92. The van der Waals surface area contributed by atoms with Crippen molar-refractivity contribution in [3.8, 4) is 0 Å². The molecule has 1 aromatic rings. The number of sulfonamides is 1. The van der Waals surface area contributed by atoms with Crippen LogP contribution in [0.5, 0.6) is 0 Å². The molecule has 2 N–H and O–H groups in total. The van der Waals surface area contributed by atoms with Crippen molar-refractivity contribution in [3.05, 3.63) is 18.0 Å².